The van der Waals surface area contributed by atoms with E-state index in [0.717, 1.165) is 6.42 Å². The molecule has 0 radical (unpaired) electrons. The monoisotopic (exact) mass is 330 g/mol. The van der Waals surface area contributed by atoms with Gasteiger partial charge in [0.15, 0.2) is 0 Å². The lowest BCUT2D eigenvalue weighted by Crippen LogP contribution is -2.15. The van der Waals surface area contributed by atoms with Gasteiger partial charge in [-0.1, -0.05) is 90.8 Å². The molecule has 0 bridgehead atoms. The molecule has 20 heavy (non-hydrogen) atoms. The van der Waals surface area contributed by atoms with Crippen molar-refractivity contribution in [1.29, 1.82) is 0 Å². The Hall–Kier alpha value is -1.08. The molecule has 1 unspecified atom stereocenters. The zero-order valence-electron chi connectivity index (χ0n) is 12.8. The predicted octanol–water partition coefficient (Wildman–Crippen LogP) is 6.17. The molecule has 2 aromatic rings. The van der Waals surface area contributed by atoms with Crippen molar-refractivity contribution >= 4 is 15.9 Å². The normalized spacial score (nSPS) is 13.2. The van der Waals surface area contributed by atoms with Crippen LogP contribution in [0.15, 0.2) is 48.5 Å². The first kappa shape index (κ1) is 15.3. The molecule has 0 amide bonds. The Bertz CT molecular complexity index is 549. The molecule has 0 fully saturated rings. The molecule has 0 aliphatic rings. The molecule has 106 valence electrons. The quantitative estimate of drug-likeness (QED) is 0.588. The highest BCUT2D eigenvalue weighted by Crippen LogP contribution is 2.33. The first-order valence-corrected chi connectivity index (χ1v) is 8.16. The van der Waals surface area contributed by atoms with Crippen LogP contribution in [0.5, 0.6) is 0 Å². The van der Waals surface area contributed by atoms with Crippen LogP contribution in [0.3, 0.4) is 0 Å². The third-order valence-electron chi connectivity index (χ3n) is 4.24. The Morgan fingerprint density at radius 1 is 0.900 bits per heavy atom. The van der Waals surface area contributed by atoms with E-state index in [1.807, 2.05) is 0 Å². The minimum atomic E-state index is 0.254. The van der Waals surface area contributed by atoms with E-state index in [9.17, 15) is 0 Å². The van der Waals surface area contributed by atoms with Crippen molar-refractivity contribution in [3.8, 4) is 0 Å². The summed E-state index contributed by atoms with van der Waals surface area (Å²) >= 11 is 3.81. The lowest BCUT2D eigenvalue weighted by atomic mass is 9.82. The molecule has 0 nitrogen and oxygen atoms in total. The van der Waals surface area contributed by atoms with Crippen molar-refractivity contribution in [2.24, 2.45) is 0 Å². The largest absolute Gasteiger partial charge is 0.0786 e. The number of alkyl halides is 1. The van der Waals surface area contributed by atoms with Crippen LogP contribution in [0.2, 0.25) is 0 Å². The number of halogens is 1. The van der Waals surface area contributed by atoms with E-state index in [-0.39, 0.29) is 10.2 Å². The van der Waals surface area contributed by atoms with Gasteiger partial charge in [0, 0.05) is 0 Å². The standard InChI is InChI=1S/C19H23Br/c1-5-19(3,4)17-12-10-16(11-13-17)18(20)15-8-6-14(2)7-9-15/h6-13,18H,5H2,1-4H3. The molecule has 0 N–H and O–H groups in total. The predicted molar refractivity (Wildman–Crippen MR) is 91.7 cm³/mol. The summed E-state index contributed by atoms with van der Waals surface area (Å²) in [5.74, 6) is 0. The number of hydrogen-bond donors (Lipinski definition) is 0. The lowest BCUT2D eigenvalue weighted by Gasteiger charge is -2.24. The van der Waals surface area contributed by atoms with Crippen LogP contribution in [0.1, 0.15) is 54.3 Å². The summed E-state index contributed by atoms with van der Waals surface area (Å²) in [6.07, 6.45) is 1.15. The number of hydrogen-bond acceptors (Lipinski definition) is 0. The molecule has 0 heterocycles. The SMILES string of the molecule is CCC(C)(C)c1ccc(C(Br)c2ccc(C)cc2)cc1. The van der Waals surface area contributed by atoms with Crippen molar-refractivity contribution in [3.63, 3.8) is 0 Å². The highest BCUT2D eigenvalue weighted by Gasteiger charge is 2.18. The van der Waals surface area contributed by atoms with E-state index in [2.05, 4.69) is 92.2 Å². The Labute approximate surface area is 131 Å². The minimum absolute atomic E-state index is 0.254. The second kappa shape index (κ2) is 6.13. The minimum Gasteiger partial charge on any atom is -0.0786 e. The molecular weight excluding hydrogens is 308 g/mol. The molecule has 0 spiro atoms. The maximum Gasteiger partial charge on any atom is 0.0644 e. The average molecular weight is 331 g/mol. The molecule has 1 atom stereocenters. The van der Waals surface area contributed by atoms with E-state index < -0.39 is 0 Å². The summed E-state index contributed by atoms with van der Waals surface area (Å²) in [7, 11) is 0. The van der Waals surface area contributed by atoms with Crippen LogP contribution in [0.25, 0.3) is 0 Å². The van der Waals surface area contributed by atoms with Crippen LogP contribution >= 0.6 is 15.9 Å². The van der Waals surface area contributed by atoms with Crippen LogP contribution in [-0.2, 0) is 5.41 Å². The second-order valence-corrected chi connectivity index (χ2v) is 7.05. The maximum atomic E-state index is 3.81. The molecular formula is C19H23Br. The molecule has 0 aromatic heterocycles. The number of rotatable bonds is 4. The molecule has 2 aromatic carbocycles. The molecule has 2 rings (SSSR count). The first-order valence-electron chi connectivity index (χ1n) is 7.25. The zero-order valence-corrected chi connectivity index (χ0v) is 14.4. The summed E-state index contributed by atoms with van der Waals surface area (Å²) in [5.41, 5.74) is 5.58. The van der Waals surface area contributed by atoms with E-state index in [0.29, 0.717) is 0 Å². The molecule has 0 aliphatic heterocycles. The van der Waals surface area contributed by atoms with Gasteiger partial charge >= 0.3 is 0 Å². The first-order chi connectivity index (χ1) is 9.44. The maximum absolute atomic E-state index is 3.81. The Balaban J connectivity index is 2.23. The van der Waals surface area contributed by atoms with Crippen molar-refractivity contribution in [2.75, 3.05) is 0 Å². The number of aryl methyl sites for hydroxylation is 1. The fourth-order valence-electron chi connectivity index (χ4n) is 2.24. The molecule has 0 aliphatic carbocycles. The van der Waals surface area contributed by atoms with Gasteiger partial charge in [-0.15, -0.1) is 0 Å². The van der Waals surface area contributed by atoms with Crippen LogP contribution < -0.4 is 0 Å². The Morgan fingerprint density at radius 2 is 1.35 bits per heavy atom. The van der Waals surface area contributed by atoms with Gasteiger partial charge in [0.1, 0.15) is 0 Å². The lowest BCUT2D eigenvalue weighted by molar-refractivity contribution is 0.506. The fourth-order valence-corrected chi connectivity index (χ4v) is 2.85. The van der Waals surface area contributed by atoms with Crippen molar-refractivity contribution in [2.45, 2.75) is 44.4 Å². The fraction of sp³-hybridized carbons (Fsp3) is 0.368. The van der Waals surface area contributed by atoms with E-state index in [1.54, 1.807) is 0 Å². The Kier molecular flexibility index (Phi) is 4.70. The summed E-state index contributed by atoms with van der Waals surface area (Å²) in [6, 6.07) is 17.7. The highest BCUT2D eigenvalue weighted by molar-refractivity contribution is 9.09. The van der Waals surface area contributed by atoms with Crippen LogP contribution in [0, 0.1) is 6.92 Å². The summed E-state index contributed by atoms with van der Waals surface area (Å²) in [5, 5.41) is 0. The van der Waals surface area contributed by atoms with Crippen LogP contribution in [0.4, 0.5) is 0 Å². The average Bonchev–Trinajstić information content (AvgIpc) is 2.47. The van der Waals surface area contributed by atoms with Crippen LogP contribution in [-0.4, -0.2) is 0 Å². The third kappa shape index (κ3) is 3.32. The van der Waals surface area contributed by atoms with Gasteiger partial charge in [-0.25, -0.2) is 0 Å². The third-order valence-corrected chi connectivity index (χ3v) is 5.30. The van der Waals surface area contributed by atoms with Crippen molar-refractivity contribution < 1.29 is 0 Å². The van der Waals surface area contributed by atoms with Gasteiger partial charge in [-0.2, -0.15) is 0 Å². The van der Waals surface area contributed by atoms with E-state index in [4.69, 9.17) is 0 Å². The van der Waals surface area contributed by atoms with E-state index in [1.165, 1.54) is 22.3 Å². The number of benzene rings is 2. The van der Waals surface area contributed by atoms with Gasteiger partial charge in [0.25, 0.3) is 0 Å². The van der Waals surface area contributed by atoms with Crippen molar-refractivity contribution in [3.05, 3.63) is 70.8 Å². The zero-order chi connectivity index (χ0) is 14.8. The molecule has 1 heteroatoms. The van der Waals surface area contributed by atoms with Gasteiger partial charge in [0.2, 0.25) is 0 Å². The molecule has 0 saturated carbocycles. The molecule has 0 saturated heterocycles. The Morgan fingerprint density at radius 3 is 1.80 bits per heavy atom. The smallest absolute Gasteiger partial charge is 0.0644 e. The van der Waals surface area contributed by atoms with Gasteiger partial charge in [-0.3, -0.25) is 0 Å². The van der Waals surface area contributed by atoms with Gasteiger partial charge < -0.3 is 0 Å². The second-order valence-electron chi connectivity index (χ2n) is 6.13. The highest BCUT2D eigenvalue weighted by atomic mass is 79.9. The van der Waals surface area contributed by atoms with Gasteiger partial charge in [-0.05, 0) is 35.4 Å². The summed E-state index contributed by atoms with van der Waals surface area (Å²) in [6.45, 7) is 8.96. The summed E-state index contributed by atoms with van der Waals surface area (Å²) in [4.78, 5) is 0.266. The van der Waals surface area contributed by atoms with E-state index >= 15 is 0 Å². The van der Waals surface area contributed by atoms with Gasteiger partial charge in [0.05, 0.1) is 4.83 Å². The van der Waals surface area contributed by atoms with Crippen molar-refractivity contribution in [1.82, 2.24) is 0 Å². The topological polar surface area (TPSA) is 0 Å². The summed E-state index contributed by atoms with van der Waals surface area (Å²) < 4.78 is 0.